The van der Waals surface area contributed by atoms with Crippen molar-refractivity contribution in [3.63, 3.8) is 0 Å². The molecule has 26 heavy (non-hydrogen) atoms. The van der Waals surface area contributed by atoms with E-state index in [0.717, 1.165) is 11.0 Å². The zero-order valence-corrected chi connectivity index (χ0v) is 14.8. The third-order valence-electron chi connectivity index (χ3n) is 4.30. The Hall–Kier alpha value is -3.09. The van der Waals surface area contributed by atoms with E-state index in [1.807, 2.05) is 31.2 Å². The molecule has 1 atom stereocenters. The normalized spacial score (nSPS) is 12.2. The van der Waals surface area contributed by atoms with Crippen molar-refractivity contribution in [2.45, 2.75) is 39.3 Å². The van der Waals surface area contributed by atoms with Crippen molar-refractivity contribution in [3.8, 4) is 5.75 Å². The Kier molecular flexibility index (Phi) is 5.06. The predicted octanol–water partition coefficient (Wildman–Crippen LogP) is 2.40. The predicted molar refractivity (Wildman–Crippen MR) is 99.0 cm³/mol. The van der Waals surface area contributed by atoms with Crippen LogP contribution >= 0.6 is 0 Å². The van der Waals surface area contributed by atoms with Gasteiger partial charge in [0.15, 0.2) is 0 Å². The second-order valence-corrected chi connectivity index (χ2v) is 6.38. The number of para-hydroxylation sites is 2. The van der Waals surface area contributed by atoms with Gasteiger partial charge in [-0.3, -0.25) is 9.59 Å². The maximum atomic E-state index is 12.2. The average molecular weight is 354 g/mol. The first-order valence-electron chi connectivity index (χ1n) is 8.58. The first kappa shape index (κ1) is 17.7. The number of nitrogens with one attached hydrogen (secondary N) is 2. The molecule has 0 aliphatic heterocycles. The molecule has 3 N–H and O–H groups in total. The number of aromatic nitrogens is 3. The molecule has 1 aromatic carbocycles. The lowest BCUT2D eigenvalue weighted by molar-refractivity contribution is -0.121. The molecule has 7 heteroatoms. The van der Waals surface area contributed by atoms with Gasteiger partial charge in [0.2, 0.25) is 5.91 Å². The van der Waals surface area contributed by atoms with E-state index < -0.39 is 0 Å². The zero-order chi connectivity index (χ0) is 18.7. The number of carbonyl (C=O) groups excluding carboxylic acids is 1. The van der Waals surface area contributed by atoms with Gasteiger partial charge in [0, 0.05) is 24.7 Å². The van der Waals surface area contributed by atoms with Crippen LogP contribution in [0.1, 0.15) is 37.3 Å². The molecule has 2 heterocycles. The minimum absolute atomic E-state index is 0.0406. The summed E-state index contributed by atoms with van der Waals surface area (Å²) in [7, 11) is 0. The van der Waals surface area contributed by atoms with Gasteiger partial charge in [-0.25, -0.2) is 4.98 Å². The van der Waals surface area contributed by atoms with Crippen molar-refractivity contribution in [1.82, 2.24) is 19.9 Å². The third kappa shape index (κ3) is 3.93. The summed E-state index contributed by atoms with van der Waals surface area (Å²) in [5.41, 5.74) is 2.21. The van der Waals surface area contributed by atoms with Crippen molar-refractivity contribution in [3.05, 3.63) is 58.3 Å². The minimum Gasteiger partial charge on any atom is -0.508 e. The highest BCUT2D eigenvalue weighted by Crippen LogP contribution is 2.15. The van der Waals surface area contributed by atoms with Gasteiger partial charge in [-0.15, -0.1) is 0 Å². The molecule has 0 bridgehead atoms. The van der Waals surface area contributed by atoms with Crippen molar-refractivity contribution >= 4 is 16.9 Å². The van der Waals surface area contributed by atoms with E-state index in [9.17, 15) is 14.7 Å². The number of imidazole rings is 1. The molecule has 0 saturated heterocycles. The average Bonchev–Trinajstić information content (AvgIpc) is 3.01. The number of benzene rings is 1. The first-order chi connectivity index (χ1) is 12.4. The van der Waals surface area contributed by atoms with Gasteiger partial charge >= 0.3 is 0 Å². The molecule has 2 aromatic heterocycles. The Morgan fingerprint density at radius 2 is 2.12 bits per heavy atom. The van der Waals surface area contributed by atoms with Gasteiger partial charge in [-0.2, -0.15) is 0 Å². The molecule has 1 amide bonds. The van der Waals surface area contributed by atoms with Crippen molar-refractivity contribution in [1.29, 1.82) is 0 Å². The second kappa shape index (κ2) is 7.43. The number of carbonyl (C=O) groups is 1. The number of nitrogens with zero attached hydrogens (tertiary/aromatic N) is 2. The number of fused-ring (bicyclic) bond motifs is 1. The highest BCUT2D eigenvalue weighted by atomic mass is 16.3. The fourth-order valence-electron chi connectivity index (χ4n) is 2.96. The number of H-pyrrole nitrogens is 1. The molecular formula is C19H22N4O3. The van der Waals surface area contributed by atoms with E-state index in [2.05, 4.69) is 15.3 Å². The summed E-state index contributed by atoms with van der Waals surface area (Å²) >= 11 is 0. The van der Waals surface area contributed by atoms with Crippen LogP contribution in [0.15, 0.2) is 41.2 Å². The molecule has 3 aromatic rings. The van der Waals surface area contributed by atoms with E-state index in [1.54, 1.807) is 11.5 Å². The molecule has 0 unspecified atom stereocenters. The van der Waals surface area contributed by atoms with Gasteiger partial charge in [-0.1, -0.05) is 12.1 Å². The first-order valence-corrected chi connectivity index (χ1v) is 8.58. The van der Waals surface area contributed by atoms with Crippen molar-refractivity contribution in [2.75, 3.05) is 0 Å². The van der Waals surface area contributed by atoms with Gasteiger partial charge in [-0.05, 0) is 38.5 Å². The van der Waals surface area contributed by atoms with E-state index in [0.29, 0.717) is 30.9 Å². The monoisotopic (exact) mass is 354 g/mol. The fraction of sp³-hybridized carbons (Fsp3) is 0.316. The highest BCUT2D eigenvalue weighted by molar-refractivity contribution is 5.77. The van der Waals surface area contributed by atoms with Crippen LogP contribution in [0.2, 0.25) is 0 Å². The third-order valence-corrected chi connectivity index (χ3v) is 4.30. The van der Waals surface area contributed by atoms with Crippen LogP contribution in [0.5, 0.6) is 5.75 Å². The summed E-state index contributed by atoms with van der Waals surface area (Å²) in [4.78, 5) is 31.7. The Bertz CT molecular complexity index is 957. The van der Waals surface area contributed by atoms with Crippen LogP contribution in [0.3, 0.4) is 0 Å². The number of pyridine rings is 1. The number of aromatic hydroxyl groups is 1. The summed E-state index contributed by atoms with van der Waals surface area (Å²) < 4.78 is 1.55. The Balaban J connectivity index is 1.55. The van der Waals surface area contributed by atoms with Crippen LogP contribution in [0.4, 0.5) is 0 Å². The lowest BCUT2D eigenvalue weighted by Gasteiger charge is -2.13. The number of hydrogen-bond acceptors (Lipinski definition) is 4. The largest absolute Gasteiger partial charge is 0.508 e. The highest BCUT2D eigenvalue weighted by Gasteiger charge is 2.13. The molecule has 3 rings (SSSR count). The zero-order valence-electron chi connectivity index (χ0n) is 14.8. The van der Waals surface area contributed by atoms with Crippen molar-refractivity contribution in [2.24, 2.45) is 0 Å². The second-order valence-electron chi connectivity index (χ2n) is 6.38. The summed E-state index contributed by atoms with van der Waals surface area (Å²) in [6.45, 7) is 4.06. The van der Waals surface area contributed by atoms with Gasteiger partial charge in [0.1, 0.15) is 11.6 Å². The van der Waals surface area contributed by atoms with E-state index in [1.165, 1.54) is 12.1 Å². The van der Waals surface area contributed by atoms with Crippen LogP contribution < -0.4 is 10.9 Å². The van der Waals surface area contributed by atoms with Gasteiger partial charge in [0.05, 0.1) is 17.1 Å². The number of amides is 1. The maximum absolute atomic E-state index is 12.2. The van der Waals surface area contributed by atoms with Crippen LogP contribution in [0, 0.1) is 6.92 Å². The SMILES string of the molecule is Cc1cc(O)cc(=O)n1CCCC(=O)N[C@H](C)c1nc2ccccc2[nH]1. The molecule has 0 spiro atoms. The molecular weight excluding hydrogens is 332 g/mol. The van der Waals surface area contributed by atoms with Gasteiger partial charge in [0.25, 0.3) is 5.56 Å². The lowest BCUT2D eigenvalue weighted by Crippen LogP contribution is -2.28. The topological polar surface area (TPSA) is 100 Å². The molecule has 0 aliphatic rings. The summed E-state index contributed by atoms with van der Waals surface area (Å²) in [5.74, 6) is 0.578. The van der Waals surface area contributed by atoms with Crippen LogP contribution in [-0.4, -0.2) is 25.5 Å². The fourth-order valence-corrected chi connectivity index (χ4v) is 2.96. The molecule has 0 fully saturated rings. The Labute approximate surface area is 150 Å². The Morgan fingerprint density at radius 3 is 2.85 bits per heavy atom. The van der Waals surface area contributed by atoms with E-state index in [4.69, 9.17) is 0 Å². The Morgan fingerprint density at radius 1 is 1.35 bits per heavy atom. The van der Waals surface area contributed by atoms with Crippen LogP contribution in [0.25, 0.3) is 11.0 Å². The summed E-state index contributed by atoms with van der Waals surface area (Å²) in [6.07, 6.45) is 0.835. The molecule has 7 nitrogen and oxygen atoms in total. The van der Waals surface area contributed by atoms with Gasteiger partial charge < -0.3 is 20.0 Å². The van der Waals surface area contributed by atoms with E-state index >= 15 is 0 Å². The molecule has 0 radical (unpaired) electrons. The number of aryl methyl sites for hydroxylation is 1. The summed E-state index contributed by atoms with van der Waals surface area (Å²) in [5, 5.41) is 12.3. The number of hydrogen-bond donors (Lipinski definition) is 3. The minimum atomic E-state index is -0.265. The maximum Gasteiger partial charge on any atom is 0.254 e. The lowest BCUT2D eigenvalue weighted by atomic mass is 10.2. The quantitative estimate of drug-likeness (QED) is 0.633. The van der Waals surface area contributed by atoms with E-state index in [-0.39, 0.29) is 23.3 Å². The summed E-state index contributed by atoms with van der Waals surface area (Å²) in [6, 6.07) is 10.2. The molecule has 0 saturated carbocycles. The number of rotatable bonds is 6. The standard InChI is InChI=1S/C19H22N4O3/c1-12-10-14(24)11-18(26)23(12)9-5-8-17(25)20-13(2)19-21-15-6-3-4-7-16(15)22-19/h3-4,6-7,10-11,13,24H,5,8-9H2,1-2H3,(H,20,25)(H,21,22)/t13-/m1/s1. The van der Waals surface area contributed by atoms with Crippen LogP contribution in [-0.2, 0) is 11.3 Å². The molecule has 136 valence electrons. The smallest absolute Gasteiger partial charge is 0.254 e. The molecule has 0 aliphatic carbocycles. The number of aromatic amines is 1. The van der Waals surface area contributed by atoms with Crippen molar-refractivity contribution < 1.29 is 9.90 Å².